The maximum atomic E-state index is 10.2. The second-order valence-corrected chi connectivity index (χ2v) is 6.94. The molecule has 2 rings (SSSR count). The number of nitrogens with zero attached hydrogens (tertiary/aromatic N) is 3. The number of β-amino-alcohol motifs (C(OH)–C–C–N with tert-alkyl or cyclic N) is 1. The zero-order valence-corrected chi connectivity index (χ0v) is 14.8. The van der Waals surface area contributed by atoms with E-state index in [1.165, 1.54) is 19.3 Å². The van der Waals surface area contributed by atoms with Crippen LogP contribution < -0.4 is 4.74 Å². The molecule has 0 spiro atoms. The van der Waals surface area contributed by atoms with Crippen LogP contribution >= 0.6 is 0 Å². The Labute approximate surface area is 145 Å². The summed E-state index contributed by atoms with van der Waals surface area (Å²) in [4.78, 5) is 4.58. The molecule has 132 valence electrons. The highest BCUT2D eigenvalue weighted by Crippen LogP contribution is 2.20. The van der Waals surface area contributed by atoms with Crippen LogP contribution in [0.15, 0.2) is 24.3 Å². The molecule has 0 amide bonds. The van der Waals surface area contributed by atoms with Gasteiger partial charge in [0.15, 0.2) is 0 Å². The van der Waals surface area contributed by atoms with Crippen molar-refractivity contribution in [1.82, 2.24) is 9.80 Å². The van der Waals surface area contributed by atoms with E-state index in [2.05, 4.69) is 30.0 Å². The van der Waals surface area contributed by atoms with Crippen LogP contribution in [0.25, 0.3) is 0 Å². The molecule has 0 aromatic heterocycles. The summed E-state index contributed by atoms with van der Waals surface area (Å²) in [7, 11) is 4.25. The molecule has 0 aliphatic carbocycles. The first-order valence-corrected chi connectivity index (χ1v) is 8.75. The van der Waals surface area contributed by atoms with E-state index in [4.69, 9.17) is 10.00 Å². The van der Waals surface area contributed by atoms with Gasteiger partial charge in [0, 0.05) is 6.54 Å². The number of benzene rings is 1. The molecule has 0 bridgehead atoms. The Morgan fingerprint density at radius 2 is 1.96 bits per heavy atom. The summed E-state index contributed by atoms with van der Waals surface area (Å²) in [6.45, 7) is 4.23. The molecule has 24 heavy (non-hydrogen) atoms. The molecule has 1 aromatic carbocycles. The molecule has 0 saturated carbocycles. The van der Waals surface area contributed by atoms with Crippen molar-refractivity contribution in [3.05, 3.63) is 29.8 Å². The van der Waals surface area contributed by atoms with Crippen LogP contribution in [0.1, 0.15) is 24.8 Å². The molecule has 1 saturated heterocycles. The summed E-state index contributed by atoms with van der Waals surface area (Å²) in [5.74, 6) is 1.51. The fraction of sp³-hybridized carbons (Fsp3) is 0.632. The molecule has 1 unspecified atom stereocenters. The van der Waals surface area contributed by atoms with E-state index in [9.17, 15) is 5.11 Å². The lowest BCUT2D eigenvalue weighted by molar-refractivity contribution is 0.0538. The van der Waals surface area contributed by atoms with Crippen molar-refractivity contribution in [1.29, 1.82) is 5.26 Å². The van der Waals surface area contributed by atoms with E-state index in [0.717, 1.165) is 25.6 Å². The van der Waals surface area contributed by atoms with Gasteiger partial charge in [0.05, 0.1) is 11.6 Å². The molecule has 1 atom stereocenters. The Hall–Kier alpha value is -1.61. The number of piperidine rings is 1. The van der Waals surface area contributed by atoms with Gasteiger partial charge in [0.1, 0.15) is 18.5 Å². The number of ether oxygens (including phenoxy) is 1. The topological polar surface area (TPSA) is 59.7 Å². The van der Waals surface area contributed by atoms with Gasteiger partial charge in [-0.25, -0.2) is 0 Å². The number of hydrogen-bond acceptors (Lipinski definition) is 5. The first-order chi connectivity index (χ1) is 11.6. The fourth-order valence-corrected chi connectivity index (χ4v) is 3.07. The predicted molar refractivity (Wildman–Crippen MR) is 95.0 cm³/mol. The number of likely N-dealkylation sites (tertiary alicyclic amines) is 1. The van der Waals surface area contributed by atoms with Gasteiger partial charge in [-0.3, -0.25) is 0 Å². The van der Waals surface area contributed by atoms with Gasteiger partial charge >= 0.3 is 0 Å². The fourth-order valence-electron chi connectivity index (χ4n) is 3.07. The molecule has 1 N–H and O–H groups in total. The summed E-state index contributed by atoms with van der Waals surface area (Å²) in [6, 6.07) is 9.05. The Kier molecular flexibility index (Phi) is 7.51. The minimum absolute atomic E-state index is 0.284. The Morgan fingerprint density at radius 3 is 2.54 bits per heavy atom. The van der Waals surface area contributed by atoms with Gasteiger partial charge in [-0.05, 0) is 83.2 Å². The van der Waals surface area contributed by atoms with Gasteiger partial charge in [-0.1, -0.05) is 0 Å². The summed E-state index contributed by atoms with van der Waals surface area (Å²) in [5.41, 5.74) is 0.611. The molecule has 1 aliphatic heterocycles. The molecule has 5 heteroatoms. The first kappa shape index (κ1) is 18.7. The largest absolute Gasteiger partial charge is 0.491 e. The second-order valence-electron chi connectivity index (χ2n) is 6.94. The van der Waals surface area contributed by atoms with Crippen molar-refractivity contribution < 1.29 is 9.84 Å². The van der Waals surface area contributed by atoms with Crippen molar-refractivity contribution in [2.24, 2.45) is 5.92 Å². The highest BCUT2D eigenvalue weighted by molar-refractivity contribution is 5.34. The van der Waals surface area contributed by atoms with Crippen LogP contribution in [-0.4, -0.2) is 67.9 Å². The highest BCUT2D eigenvalue weighted by Gasteiger charge is 2.21. The predicted octanol–water partition coefficient (Wildman–Crippen LogP) is 1.96. The highest BCUT2D eigenvalue weighted by atomic mass is 16.5. The van der Waals surface area contributed by atoms with Crippen LogP contribution in [0, 0.1) is 17.2 Å². The van der Waals surface area contributed by atoms with Crippen molar-refractivity contribution in [2.45, 2.75) is 25.4 Å². The summed E-state index contributed by atoms with van der Waals surface area (Å²) < 4.78 is 5.60. The number of rotatable bonds is 8. The maximum Gasteiger partial charge on any atom is 0.119 e. The van der Waals surface area contributed by atoms with Crippen molar-refractivity contribution in [3.8, 4) is 11.8 Å². The number of aliphatic hydroxyl groups is 1. The smallest absolute Gasteiger partial charge is 0.119 e. The van der Waals surface area contributed by atoms with E-state index in [1.807, 2.05) is 0 Å². The van der Waals surface area contributed by atoms with Crippen molar-refractivity contribution >= 4 is 0 Å². The number of nitriles is 1. The average Bonchev–Trinajstić information content (AvgIpc) is 2.60. The van der Waals surface area contributed by atoms with Gasteiger partial charge in [-0.2, -0.15) is 5.26 Å². The molecule has 1 aliphatic rings. The standard InChI is InChI=1S/C19H29N3O2/c1-21(2)10-7-16-8-11-22(12-9-16)14-18(23)15-24-19-5-3-17(13-20)4-6-19/h3-6,16,18,23H,7-12,14-15H2,1-2H3. The van der Waals surface area contributed by atoms with Gasteiger partial charge < -0.3 is 19.6 Å². The van der Waals surface area contributed by atoms with E-state index < -0.39 is 6.10 Å². The lowest BCUT2D eigenvalue weighted by Crippen LogP contribution is -2.41. The van der Waals surface area contributed by atoms with Crippen LogP contribution in [0.4, 0.5) is 0 Å². The molecule has 1 heterocycles. The van der Waals surface area contributed by atoms with E-state index >= 15 is 0 Å². The Morgan fingerprint density at radius 1 is 1.29 bits per heavy atom. The second kappa shape index (κ2) is 9.63. The number of hydrogen-bond donors (Lipinski definition) is 1. The molecular formula is C19H29N3O2. The average molecular weight is 331 g/mol. The minimum atomic E-state index is -0.487. The van der Waals surface area contributed by atoms with Crippen LogP contribution in [0.2, 0.25) is 0 Å². The first-order valence-electron chi connectivity index (χ1n) is 8.75. The summed E-state index contributed by atoms with van der Waals surface area (Å²) in [6.07, 6.45) is 3.22. The van der Waals surface area contributed by atoms with Gasteiger partial charge in [0.2, 0.25) is 0 Å². The Balaban J connectivity index is 1.64. The normalized spacial score (nSPS) is 17.6. The monoisotopic (exact) mass is 331 g/mol. The van der Waals surface area contributed by atoms with Crippen LogP contribution in [0.5, 0.6) is 5.75 Å². The minimum Gasteiger partial charge on any atom is -0.491 e. The van der Waals surface area contributed by atoms with Crippen molar-refractivity contribution in [3.63, 3.8) is 0 Å². The van der Waals surface area contributed by atoms with Crippen LogP contribution in [0.3, 0.4) is 0 Å². The van der Waals surface area contributed by atoms with Crippen LogP contribution in [-0.2, 0) is 0 Å². The van der Waals surface area contributed by atoms with Crippen molar-refractivity contribution in [2.75, 3.05) is 46.9 Å². The third kappa shape index (κ3) is 6.48. The van der Waals surface area contributed by atoms with Gasteiger partial charge in [-0.15, -0.1) is 0 Å². The molecule has 1 fully saturated rings. The molecule has 1 aromatic rings. The molecule has 0 radical (unpaired) electrons. The van der Waals surface area contributed by atoms with E-state index in [1.54, 1.807) is 24.3 Å². The van der Waals surface area contributed by atoms with Gasteiger partial charge in [0.25, 0.3) is 0 Å². The third-order valence-electron chi connectivity index (χ3n) is 4.59. The third-order valence-corrected chi connectivity index (χ3v) is 4.59. The summed E-state index contributed by atoms with van der Waals surface area (Å²) in [5, 5.41) is 18.9. The lowest BCUT2D eigenvalue weighted by Gasteiger charge is -2.33. The SMILES string of the molecule is CN(C)CCC1CCN(CC(O)COc2ccc(C#N)cc2)CC1. The molecular weight excluding hydrogens is 302 g/mol. The maximum absolute atomic E-state index is 10.2. The zero-order valence-electron chi connectivity index (χ0n) is 14.8. The summed E-state index contributed by atoms with van der Waals surface area (Å²) >= 11 is 0. The quantitative estimate of drug-likeness (QED) is 0.789. The Bertz CT molecular complexity index is 516. The number of aliphatic hydroxyl groups excluding tert-OH is 1. The zero-order chi connectivity index (χ0) is 17.4. The molecule has 5 nitrogen and oxygen atoms in total. The van der Waals surface area contributed by atoms with E-state index in [0.29, 0.717) is 17.9 Å². The lowest BCUT2D eigenvalue weighted by atomic mass is 9.93. The van der Waals surface area contributed by atoms with E-state index in [-0.39, 0.29) is 6.61 Å².